The van der Waals surface area contributed by atoms with Crippen molar-refractivity contribution in [3.8, 4) is 10.6 Å². The van der Waals surface area contributed by atoms with Crippen LogP contribution in [0.3, 0.4) is 0 Å². The normalized spacial score (nSPS) is 10.5. The lowest BCUT2D eigenvalue weighted by atomic mass is 10.1. The number of aryl methyl sites for hydroxylation is 1. The Morgan fingerprint density at radius 2 is 2.14 bits per heavy atom. The Kier molecular flexibility index (Phi) is 2.60. The van der Waals surface area contributed by atoms with Crippen molar-refractivity contribution >= 4 is 27.3 Å². The third-order valence-electron chi connectivity index (χ3n) is 1.82. The minimum Gasteiger partial charge on any atom is -0.207 e. The predicted octanol–water partition coefficient (Wildman–Crippen LogP) is 3.42. The molecule has 0 N–H and O–H groups in total. The molecule has 1 heterocycles. The van der Waals surface area contributed by atoms with Crippen LogP contribution in [0.2, 0.25) is 0 Å². The van der Waals surface area contributed by atoms with Crippen LogP contribution in [-0.2, 0) is 0 Å². The van der Waals surface area contributed by atoms with E-state index in [0.29, 0.717) is 0 Å². The van der Waals surface area contributed by atoms with Gasteiger partial charge in [0.25, 0.3) is 0 Å². The molecule has 0 fully saturated rings. The second-order valence-corrected chi connectivity index (χ2v) is 5.07. The molecule has 0 unspecified atom stereocenters. The maximum atomic E-state index is 12.8. The molecule has 0 atom stereocenters. The lowest BCUT2D eigenvalue weighted by molar-refractivity contribution is 0.627. The molecule has 0 spiro atoms. The van der Waals surface area contributed by atoms with E-state index in [-0.39, 0.29) is 5.82 Å². The Morgan fingerprint density at radius 1 is 1.36 bits per heavy atom. The summed E-state index contributed by atoms with van der Waals surface area (Å²) in [5.74, 6) is -0.227. The zero-order valence-corrected chi connectivity index (χ0v) is 9.69. The number of benzene rings is 1. The van der Waals surface area contributed by atoms with E-state index in [9.17, 15) is 4.39 Å². The molecule has 1 aromatic carbocycles. The Hall–Kier alpha value is -0.810. The van der Waals surface area contributed by atoms with Gasteiger partial charge in [0.1, 0.15) is 10.8 Å². The molecule has 2 nitrogen and oxygen atoms in total. The molecule has 2 aromatic rings. The molecule has 0 saturated heterocycles. The van der Waals surface area contributed by atoms with E-state index < -0.39 is 0 Å². The molecule has 1 aromatic heterocycles. The summed E-state index contributed by atoms with van der Waals surface area (Å²) in [6.45, 7) is 1.85. The van der Waals surface area contributed by atoms with Crippen molar-refractivity contribution in [3.05, 3.63) is 33.5 Å². The highest BCUT2D eigenvalue weighted by Gasteiger charge is 2.07. The summed E-state index contributed by atoms with van der Waals surface area (Å²) >= 11 is 4.67. The van der Waals surface area contributed by atoms with E-state index in [0.717, 1.165) is 20.1 Å². The van der Waals surface area contributed by atoms with Gasteiger partial charge in [-0.3, -0.25) is 0 Å². The van der Waals surface area contributed by atoms with E-state index in [4.69, 9.17) is 0 Å². The molecule has 72 valence electrons. The molecular formula is C9H6BrFN2S. The predicted molar refractivity (Wildman–Crippen MR) is 57.7 cm³/mol. The zero-order valence-electron chi connectivity index (χ0n) is 7.29. The summed E-state index contributed by atoms with van der Waals surface area (Å²) in [4.78, 5) is 0. The van der Waals surface area contributed by atoms with E-state index in [2.05, 4.69) is 26.1 Å². The van der Waals surface area contributed by atoms with Gasteiger partial charge in [0.2, 0.25) is 0 Å². The molecule has 5 heteroatoms. The average molecular weight is 273 g/mol. The first-order valence-corrected chi connectivity index (χ1v) is 5.53. The van der Waals surface area contributed by atoms with Gasteiger partial charge in [0.15, 0.2) is 3.92 Å². The van der Waals surface area contributed by atoms with Gasteiger partial charge in [-0.25, -0.2) is 4.39 Å². The first-order chi connectivity index (χ1) is 6.66. The Labute approximate surface area is 92.9 Å². The molecule has 0 saturated carbocycles. The smallest absolute Gasteiger partial charge is 0.183 e. The maximum absolute atomic E-state index is 12.8. The summed E-state index contributed by atoms with van der Waals surface area (Å²) < 4.78 is 13.6. The van der Waals surface area contributed by atoms with Gasteiger partial charge in [-0.2, -0.15) is 0 Å². The number of aromatic nitrogens is 2. The molecule has 0 aliphatic rings. The van der Waals surface area contributed by atoms with Gasteiger partial charge in [0, 0.05) is 5.56 Å². The average Bonchev–Trinajstić information content (AvgIpc) is 2.51. The lowest BCUT2D eigenvalue weighted by Gasteiger charge is -2.00. The Balaban J connectivity index is 2.52. The lowest BCUT2D eigenvalue weighted by Crippen LogP contribution is -1.84. The van der Waals surface area contributed by atoms with Crippen molar-refractivity contribution in [3.63, 3.8) is 0 Å². The molecule has 0 aliphatic carbocycles. The minimum absolute atomic E-state index is 0.227. The van der Waals surface area contributed by atoms with Crippen LogP contribution in [0.15, 0.2) is 22.1 Å². The van der Waals surface area contributed by atoms with Gasteiger partial charge in [-0.05, 0) is 46.6 Å². The SMILES string of the molecule is Cc1cc(F)ccc1-c1nnc(Br)s1. The van der Waals surface area contributed by atoms with Crippen molar-refractivity contribution < 1.29 is 4.39 Å². The van der Waals surface area contributed by atoms with Gasteiger partial charge >= 0.3 is 0 Å². The first-order valence-electron chi connectivity index (χ1n) is 3.92. The Bertz CT molecular complexity index is 470. The molecule has 0 bridgehead atoms. The van der Waals surface area contributed by atoms with Crippen molar-refractivity contribution in [1.82, 2.24) is 10.2 Å². The zero-order chi connectivity index (χ0) is 10.1. The van der Waals surface area contributed by atoms with Gasteiger partial charge in [-0.1, -0.05) is 11.3 Å². The number of hydrogen-bond acceptors (Lipinski definition) is 3. The third kappa shape index (κ3) is 1.83. The molecule has 0 radical (unpaired) electrons. The number of halogens is 2. The summed E-state index contributed by atoms with van der Waals surface area (Å²) in [6.07, 6.45) is 0. The van der Waals surface area contributed by atoms with Crippen LogP contribution in [0.5, 0.6) is 0 Å². The van der Waals surface area contributed by atoms with Crippen LogP contribution in [-0.4, -0.2) is 10.2 Å². The van der Waals surface area contributed by atoms with Gasteiger partial charge in [-0.15, -0.1) is 10.2 Å². The summed E-state index contributed by atoms with van der Waals surface area (Å²) in [5, 5.41) is 8.62. The van der Waals surface area contributed by atoms with Crippen molar-refractivity contribution in [2.75, 3.05) is 0 Å². The molecule has 0 amide bonds. The van der Waals surface area contributed by atoms with Crippen LogP contribution in [0.4, 0.5) is 4.39 Å². The molecular weight excluding hydrogens is 267 g/mol. The van der Waals surface area contributed by atoms with Crippen molar-refractivity contribution in [2.45, 2.75) is 6.92 Å². The standard InChI is InChI=1S/C9H6BrFN2S/c1-5-4-6(11)2-3-7(5)8-12-13-9(10)14-8/h2-4H,1H3. The van der Waals surface area contributed by atoms with Crippen LogP contribution < -0.4 is 0 Å². The van der Waals surface area contributed by atoms with E-state index >= 15 is 0 Å². The van der Waals surface area contributed by atoms with Crippen molar-refractivity contribution in [2.24, 2.45) is 0 Å². The number of nitrogens with zero attached hydrogens (tertiary/aromatic N) is 2. The van der Waals surface area contributed by atoms with Crippen LogP contribution in [0.25, 0.3) is 10.6 Å². The van der Waals surface area contributed by atoms with Crippen LogP contribution in [0.1, 0.15) is 5.56 Å². The molecule has 2 rings (SSSR count). The van der Waals surface area contributed by atoms with Gasteiger partial charge < -0.3 is 0 Å². The number of hydrogen-bond donors (Lipinski definition) is 0. The van der Waals surface area contributed by atoms with Crippen molar-refractivity contribution in [1.29, 1.82) is 0 Å². The second-order valence-electron chi connectivity index (χ2n) is 2.82. The summed E-state index contributed by atoms with van der Waals surface area (Å²) in [6, 6.07) is 4.64. The van der Waals surface area contributed by atoms with Crippen LogP contribution >= 0.6 is 27.3 Å². The molecule has 0 aliphatic heterocycles. The fourth-order valence-electron chi connectivity index (χ4n) is 1.18. The van der Waals surface area contributed by atoms with Crippen LogP contribution in [0, 0.1) is 12.7 Å². The maximum Gasteiger partial charge on any atom is 0.183 e. The number of rotatable bonds is 1. The summed E-state index contributed by atoms with van der Waals surface area (Å²) in [5.41, 5.74) is 1.79. The highest BCUT2D eigenvalue weighted by Crippen LogP contribution is 2.28. The highest BCUT2D eigenvalue weighted by atomic mass is 79.9. The van der Waals surface area contributed by atoms with Gasteiger partial charge in [0.05, 0.1) is 0 Å². The summed E-state index contributed by atoms with van der Waals surface area (Å²) in [7, 11) is 0. The largest absolute Gasteiger partial charge is 0.207 e. The second kappa shape index (κ2) is 3.74. The Morgan fingerprint density at radius 3 is 2.71 bits per heavy atom. The topological polar surface area (TPSA) is 25.8 Å². The molecule has 14 heavy (non-hydrogen) atoms. The third-order valence-corrected chi connectivity index (χ3v) is 3.21. The fourth-order valence-corrected chi connectivity index (χ4v) is 2.38. The first kappa shape index (κ1) is 9.73. The quantitative estimate of drug-likeness (QED) is 0.795. The van der Waals surface area contributed by atoms with E-state index in [1.807, 2.05) is 6.92 Å². The fraction of sp³-hybridized carbons (Fsp3) is 0.111. The highest BCUT2D eigenvalue weighted by molar-refractivity contribution is 9.11. The van der Waals surface area contributed by atoms with E-state index in [1.165, 1.54) is 23.5 Å². The minimum atomic E-state index is -0.227. The van der Waals surface area contributed by atoms with E-state index in [1.54, 1.807) is 6.07 Å². The monoisotopic (exact) mass is 272 g/mol.